The van der Waals surface area contributed by atoms with E-state index < -0.39 is 11.5 Å². The molecule has 3 rings (SSSR count). The first kappa shape index (κ1) is 17.7. The van der Waals surface area contributed by atoms with Crippen molar-refractivity contribution in [1.82, 2.24) is 4.98 Å². The number of methoxy groups -OCH3 is 2. The molecule has 2 aromatic rings. The Morgan fingerprint density at radius 1 is 1.08 bits per heavy atom. The van der Waals surface area contributed by atoms with Crippen LogP contribution >= 0.6 is 0 Å². The highest BCUT2D eigenvalue weighted by molar-refractivity contribution is 6.06. The first-order valence-electron chi connectivity index (χ1n) is 8.25. The Bertz CT molecular complexity index is 910. The lowest BCUT2D eigenvalue weighted by molar-refractivity contribution is 0.0952. The quantitative estimate of drug-likeness (QED) is 0.877. The number of fused-ring (bicyclic) bond motifs is 1. The Morgan fingerprint density at radius 3 is 2.35 bits per heavy atom. The average molecular weight is 356 g/mol. The first-order valence-corrected chi connectivity index (χ1v) is 8.25. The highest BCUT2D eigenvalue weighted by atomic mass is 16.5. The molecular formula is C19H20N2O5. The second kappa shape index (κ2) is 7.03. The van der Waals surface area contributed by atoms with Gasteiger partial charge in [-0.2, -0.15) is 0 Å². The normalized spacial score (nSPS) is 16.0. The van der Waals surface area contributed by atoms with Crippen molar-refractivity contribution in [2.45, 2.75) is 19.8 Å². The van der Waals surface area contributed by atoms with E-state index in [1.54, 1.807) is 18.2 Å². The third kappa shape index (κ3) is 3.46. The molecule has 1 aliphatic carbocycles. The van der Waals surface area contributed by atoms with Crippen LogP contribution < -0.4 is 20.3 Å². The molecule has 136 valence electrons. The van der Waals surface area contributed by atoms with Crippen molar-refractivity contribution in [1.29, 1.82) is 0 Å². The van der Waals surface area contributed by atoms with Gasteiger partial charge in [0.25, 0.3) is 11.5 Å². The summed E-state index contributed by atoms with van der Waals surface area (Å²) >= 11 is 0. The van der Waals surface area contributed by atoms with Crippen molar-refractivity contribution in [2.24, 2.45) is 5.92 Å². The molecule has 1 amide bonds. The minimum atomic E-state index is -0.601. The monoisotopic (exact) mass is 356 g/mol. The fourth-order valence-electron chi connectivity index (χ4n) is 3.07. The van der Waals surface area contributed by atoms with Crippen molar-refractivity contribution in [3.05, 3.63) is 51.4 Å². The molecule has 1 atom stereocenters. The molecule has 1 aromatic heterocycles. The number of carbonyl (C=O) groups excluding carboxylic acids is 2. The van der Waals surface area contributed by atoms with Gasteiger partial charge in [-0.25, -0.2) is 0 Å². The molecule has 1 aliphatic rings. The van der Waals surface area contributed by atoms with E-state index in [1.165, 1.54) is 20.3 Å². The molecule has 0 saturated heterocycles. The van der Waals surface area contributed by atoms with Gasteiger partial charge >= 0.3 is 0 Å². The van der Waals surface area contributed by atoms with Crippen LogP contribution in [0, 0.1) is 5.92 Å². The second-order valence-corrected chi connectivity index (χ2v) is 6.40. The maximum atomic E-state index is 12.6. The lowest BCUT2D eigenvalue weighted by Crippen LogP contribution is -2.29. The predicted molar refractivity (Wildman–Crippen MR) is 96.4 cm³/mol. The zero-order valence-corrected chi connectivity index (χ0v) is 14.8. The fourth-order valence-corrected chi connectivity index (χ4v) is 3.07. The van der Waals surface area contributed by atoms with Crippen molar-refractivity contribution >= 4 is 17.4 Å². The number of aromatic nitrogens is 1. The molecule has 1 aromatic carbocycles. The topological polar surface area (TPSA) is 97.5 Å². The molecule has 1 heterocycles. The summed E-state index contributed by atoms with van der Waals surface area (Å²) in [6.07, 6.45) is 1.03. The molecule has 0 aliphatic heterocycles. The van der Waals surface area contributed by atoms with Crippen molar-refractivity contribution in [3.8, 4) is 11.5 Å². The summed E-state index contributed by atoms with van der Waals surface area (Å²) in [6, 6.07) is 6.27. The van der Waals surface area contributed by atoms with Crippen LogP contribution in [-0.4, -0.2) is 30.9 Å². The van der Waals surface area contributed by atoms with Crippen LogP contribution in [-0.2, 0) is 6.42 Å². The zero-order chi connectivity index (χ0) is 18.8. The van der Waals surface area contributed by atoms with Crippen LogP contribution in [0.5, 0.6) is 11.5 Å². The van der Waals surface area contributed by atoms with Crippen LogP contribution in [0.25, 0.3) is 0 Å². The number of hydrogen-bond donors (Lipinski definition) is 2. The number of ether oxygens (including phenoxy) is 2. The number of pyridine rings is 1. The Labute approximate surface area is 150 Å². The molecule has 0 saturated carbocycles. The molecule has 2 N–H and O–H groups in total. The molecule has 7 heteroatoms. The summed E-state index contributed by atoms with van der Waals surface area (Å²) < 4.78 is 10.3. The van der Waals surface area contributed by atoms with E-state index in [0.717, 1.165) is 0 Å². The number of benzene rings is 1. The Morgan fingerprint density at radius 2 is 1.73 bits per heavy atom. The zero-order valence-electron chi connectivity index (χ0n) is 14.8. The van der Waals surface area contributed by atoms with Crippen LogP contribution in [0.4, 0.5) is 5.69 Å². The summed E-state index contributed by atoms with van der Waals surface area (Å²) in [7, 11) is 3.00. The van der Waals surface area contributed by atoms with E-state index in [4.69, 9.17) is 9.47 Å². The number of ketones is 1. The number of anilines is 1. The van der Waals surface area contributed by atoms with Crippen molar-refractivity contribution in [3.63, 3.8) is 0 Å². The largest absolute Gasteiger partial charge is 0.497 e. The molecule has 0 spiro atoms. The number of Topliss-reactive ketones (excluding diaryl/α,β-unsaturated/α-hetero) is 1. The fraction of sp³-hybridized carbons (Fsp3) is 0.316. The number of amides is 1. The van der Waals surface area contributed by atoms with Gasteiger partial charge in [-0.1, -0.05) is 6.92 Å². The van der Waals surface area contributed by atoms with Crippen LogP contribution in [0.3, 0.4) is 0 Å². The number of nitrogens with one attached hydrogen (secondary N) is 2. The van der Waals surface area contributed by atoms with Gasteiger partial charge in [0, 0.05) is 41.6 Å². The van der Waals surface area contributed by atoms with Gasteiger partial charge in [0.2, 0.25) is 0 Å². The summed E-state index contributed by atoms with van der Waals surface area (Å²) in [5.74, 6) is 0.517. The van der Waals surface area contributed by atoms with Crippen LogP contribution in [0.1, 0.15) is 39.8 Å². The predicted octanol–water partition coefficient (Wildman–Crippen LogP) is 2.41. The molecule has 26 heavy (non-hydrogen) atoms. The second-order valence-electron chi connectivity index (χ2n) is 6.40. The standard InChI is InChI=1S/C19H20N2O5/c1-10-4-16-14(17(22)5-10)9-15(19(24)21-16)18(23)20-11-6-12(25-2)8-13(7-11)26-3/h6-10H,4-5H2,1-3H3,(H,20,23)(H,21,24)/t10-/m0/s1. The van der Waals surface area contributed by atoms with Gasteiger partial charge in [0.15, 0.2) is 5.78 Å². The molecule has 7 nitrogen and oxygen atoms in total. The minimum absolute atomic E-state index is 0.0629. The minimum Gasteiger partial charge on any atom is -0.497 e. The Kier molecular flexibility index (Phi) is 4.79. The molecule has 0 unspecified atom stereocenters. The summed E-state index contributed by atoms with van der Waals surface area (Å²) in [5.41, 5.74) is 0.809. The maximum Gasteiger partial charge on any atom is 0.261 e. The number of H-pyrrole nitrogens is 1. The third-order valence-electron chi connectivity index (χ3n) is 4.36. The van der Waals surface area contributed by atoms with E-state index in [-0.39, 0.29) is 17.3 Å². The highest BCUT2D eigenvalue weighted by Gasteiger charge is 2.25. The number of carbonyl (C=O) groups is 2. The number of rotatable bonds is 4. The van der Waals surface area contributed by atoms with Gasteiger partial charge in [0.1, 0.15) is 17.1 Å². The summed E-state index contributed by atoms with van der Waals surface area (Å²) in [6.45, 7) is 1.95. The van der Waals surface area contributed by atoms with E-state index in [9.17, 15) is 14.4 Å². The Balaban J connectivity index is 1.93. The smallest absolute Gasteiger partial charge is 0.261 e. The molecule has 0 bridgehead atoms. The van der Waals surface area contributed by atoms with Gasteiger partial charge < -0.3 is 19.8 Å². The van der Waals surface area contributed by atoms with E-state index in [1.807, 2.05) is 6.92 Å². The van der Waals surface area contributed by atoms with Gasteiger partial charge in [0.05, 0.1) is 14.2 Å². The van der Waals surface area contributed by atoms with Gasteiger partial charge in [-0.05, 0) is 18.4 Å². The van der Waals surface area contributed by atoms with Crippen molar-refractivity contribution in [2.75, 3.05) is 19.5 Å². The molecule has 0 radical (unpaired) electrons. The first-order chi connectivity index (χ1) is 12.4. The Hall–Kier alpha value is -3.09. The lowest BCUT2D eigenvalue weighted by atomic mass is 9.86. The molecule has 0 fully saturated rings. The molecular weight excluding hydrogens is 336 g/mol. The SMILES string of the molecule is COc1cc(NC(=O)c2cc3c([nH]c2=O)C[C@H](C)CC3=O)cc(OC)c1. The van der Waals surface area contributed by atoms with E-state index in [2.05, 4.69) is 10.3 Å². The van der Waals surface area contributed by atoms with E-state index >= 15 is 0 Å². The van der Waals surface area contributed by atoms with Gasteiger partial charge in [-0.15, -0.1) is 0 Å². The number of aromatic amines is 1. The van der Waals surface area contributed by atoms with E-state index in [0.29, 0.717) is 41.3 Å². The summed E-state index contributed by atoms with van der Waals surface area (Å²) in [5, 5.41) is 2.65. The summed E-state index contributed by atoms with van der Waals surface area (Å²) in [4.78, 5) is 39.8. The van der Waals surface area contributed by atoms with Crippen LogP contribution in [0.2, 0.25) is 0 Å². The van der Waals surface area contributed by atoms with Crippen molar-refractivity contribution < 1.29 is 19.1 Å². The number of hydrogen-bond acceptors (Lipinski definition) is 5. The van der Waals surface area contributed by atoms with Crippen LogP contribution in [0.15, 0.2) is 29.1 Å². The third-order valence-corrected chi connectivity index (χ3v) is 4.36. The van der Waals surface area contributed by atoms with Gasteiger partial charge in [-0.3, -0.25) is 14.4 Å². The highest BCUT2D eigenvalue weighted by Crippen LogP contribution is 2.27. The maximum absolute atomic E-state index is 12.6. The average Bonchev–Trinajstić information content (AvgIpc) is 2.60. The lowest BCUT2D eigenvalue weighted by Gasteiger charge is -2.20.